The zero-order valence-corrected chi connectivity index (χ0v) is 22.0. The number of sulfonamides is 1. The van der Waals surface area contributed by atoms with Crippen molar-refractivity contribution in [3.05, 3.63) is 126 Å². The molecule has 5 aromatic rings. The maximum Gasteiger partial charge on any atom is 0.243 e. The number of nitrogens with zero attached hydrogens (tertiary/aromatic N) is 3. The van der Waals surface area contributed by atoms with Crippen LogP contribution in [0.3, 0.4) is 0 Å². The van der Waals surface area contributed by atoms with Gasteiger partial charge in [0.25, 0.3) is 0 Å². The molecule has 0 atom stereocenters. The Hall–Kier alpha value is -3.72. The molecule has 6 nitrogen and oxygen atoms in total. The van der Waals surface area contributed by atoms with Crippen molar-refractivity contribution in [1.29, 1.82) is 0 Å². The van der Waals surface area contributed by atoms with Crippen molar-refractivity contribution in [2.24, 2.45) is 0 Å². The minimum atomic E-state index is -3.71. The van der Waals surface area contributed by atoms with Crippen LogP contribution in [0.1, 0.15) is 17.0 Å². The fraction of sp³-hybridized carbons (Fsp3) is 0.138. The van der Waals surface area contributed by atoms with Crippen molar-refractivity contribution in [2.45, 2.75) is 24.5 Å². The van der Waals surface area contributed by atoms with Crippen LogP contribution in [0.4, 0.5) is 0 Å². The molecule has 2 aromatic heterocycles. The van der Waals surface area contributed by atoms with Gasteiger partial charge in [0.2, 0.25) is 10.0 Å². The third-order valence-electron chi connectivity index (χ3n) is 6.07. The van der Waals surface area contributed by atoms with Gasteiger partial charge in [-0.05, 0) is 54.1 Å². The van der Waals surface area contributed by atoms with Gasteiger partial charge in [-0.2, -0.15) is 4.31 Å². The van der Waals surface area contributed by atoms with E-state index in [4.69, 9.17) is 9.72 Å². The monoisotopic (exact) mass is 529 g/mol. The molecule has 37 heavy (non-hydrogen) atoms. The molecule has 0 amide bonds. The van der Waals surface area contributed by atoms with E-state index in [1.54, 1.807) is 42.7 Å². The van der Waals surface area contributed by atoms with Crippen LogP contribution < -0.4 is 4.74 Å². The third kappa shape index (κ3) is 5.83. The van der Waals surface area contributed by atoms with Gasteiger partial charge in [-0.15, -0.1) is 11.3 Å². The van der Waals surface area contributed by atoms with Crippen molar-refractivity contribution in [3.8, 4) is 16.3 Å². The average molecular weight is 530 g/mol. The second-order valence-corrected chi connectivity index (χ2v) is 11.4. The van der Waals surface area contributed by atoms with Crippen molar-refractivity contribution < 1.29 is 13.2 Å². The highest BCUT2D eigenvalue weighted by Crippen LogP contribution is 2.27. The molecular formula is C29H27N3O3S2. The summed E-state index contributed by atoms with van der Waals surface area (Å²) in [6, 6.07) is 30.0. The lowest BCUT2D eigenvalue weighted by molar-refractivity contribution is 0.391. The summed E-state index contributed by atoms with van der Waals surface area (Å²) in [5, 5.41) is 2.98. The fourth-order valence-electron chi connectivity index (χ4n) is 4.10. The Kier molecular flexibility index (Phi) is 7.50. The van der Waals surface area contributed by atoms with Gasteiger partial charge in [0.05, 0.1) is 30.8 Å². The van der Waals surface area contributed by atoms with E-state index in [2.05, 4.69) is 4.57 Å². The van der Waals surface area contributed by atoms with Crippen LogP contribution in [0.25, 0.3) is 10.6 Å². The number of ether oxygens (including phenoxy) is 1. The Morgan fingerprint density at radius 2 is 1.57 bits per heavy atom. The quantitative estimate of drug-likeness (QED) is 0.221. The summed E-state index contributed by atoms with van der Waals surface area (Å²) in [5.41, 5.74) is 3.79. The summed E-state index contributed by atoms with van der Waals surface area (Å²) in [5.74, 6) is 0.808. The van der Waals surface area contributed by atoms with Gasteiger partial charge in [0.1, 0.15) is 10.8 Å². The summed E-state index contributed by atoms with van der Waals surface area (Å²) in [4.78, 5) is 5.11. The number of aromatic nitrogens is 2. The van der Waals surface area contributed by atoms with E-state index in [1.807, 2.05) is 84.4 Å². The van der Waals surface area contributed by atoms with Gasteiger partial charge >= 0.3 is 0 Å². The normalized spacial score (nSPS) is 11.6. The number of methoxy groups -OCH3 is 1. The standard InChI is InChI=1S/C29H27N3O3S2/c1-35-27-16-14-24(15-17-27)29-30-25(22-36-29)20-31-18-8-11-26(31)21-32(19-23-9-4-2-5-10-23)37(33,34)28-12-6-3-7-13-28/h2-18,22H,19-21H2,1H3. The number of rotatable bonds is 10. The van der Waals surface area contributed by atoms with Crippen molar-refractivity contribution >= 4 is 21.4 Å². The zero-order chi connectivity index (χ0) is 25.7. The second-order valence-electron chi connectivity index (χ2n) is 8.57. The van der Waals surface area contributed by atoms with E-state index in [9.17, 15) is 8.42 Å². The average Bonchev–Trinajstić information content (AvgIpc) is 3.59. The van der Waals surface area contributed by atoms with Crippen molar-refractivity contribution in [1.82, 2.24) is 13.9 Å². The molecule has 0 saturated heterocycles. The summed E-state index contributed by atoms with van der Waals surface area (Å²) in [7, 11) is -2.06. The number of hydrogen-bond acceptors (Lipinski definition) is 5. The van der Waals surface area contributed by atoms with Gasteiger partial charge in [0.15, 0.2) is 0 Å². The second kappa shape index (κ2) is 11.1. The molecule has 0 fully saturated rings. The van der Waals surface area contributed by atoms with Gasteiger partial charge in [-0.25, -0.2) is 13.4 Å². The Bertz CT molecular complexity index is 1550. The molecular weight excluding hydrogens is 502 g/mol. The highest BCUT2D eigenvalue weighted by Gasteiger charge is 2.26. The minimum Gasteiger partial charge on any atom is -0.497 e. The molecule has 0 N–H and O–H groups in total. The highest BCUT2D eigenvalue weighted by atomic mass is 32.2. The molecule has 5 rings (SSSR count). The Morgan fingerprint density at radius 3 is 2.27 bits per heavy atom. The van der Waals surface area contributed by atoms with Crippen LogP contribution in [-0.4, -0.2) is 29.4 Å². The predicted octanol–water partition coefficient (Wildman–Crippen LogP) is 6.06. The first kappa shape index (κ1) is 25.0. The summed E-state index contributed by atoms with van der Waals surface area (Å²) in [6.45, 7) is 1.08. The van der Waals surface area contributed by atoms with Crippen LogP contribution in [0.2, 0.25) is 0 Å². The first-order chi connectivity index (χ1) is 18.0. The summed E-state index contributed by atoms with van der Waals surface area (Å²) in [6.07, 6.45) is 1.97. The van der Waals surface area contributed by atoms with Gasteiger partial charge in [-0.3, -0.25) is 0 Å². The first-order valence-corrected chi connectivity index (χ1v) is 14.2. The molecule has 0 aliphatic rings. The van der Waals surface area contributed by atoms with Crippen LogP contribution in [0, 0.1) is 0 Å². The highest BCUT2D eigenvalue weighted by molar-refractivity contribution is 7.89. The van der Waals surface area contributed by atoms with E-state index in [0.717, 1.165) is 33.3 Å². The number of hydrogen-bond donors (Lipinski definition) is 0. The smallest absolute Gasteiger partial charge is 0.243 e. The molecule has 2 heterocycles. The van der Waals surface area contributed by atoms with Crippen LogP contribution in [0.5, 0.6) is 5.75 Å². The van der Waals surface area contributed by atoms with Gasteiger partial charge < -0.3 is 9.30 Å². The molecule has 0 saturated carbocycles. The van der Waals surface area contributed by atoms with Crippen LogP contribution >= 0.6 is 11.3 Å². The molecule has 0 radical (unpaired) electrons. The maximum atomic E-state index is 13.6. The third-order valence-corrected chi connectivity index (χ3v) is 8.81. The van der Waals surface area contributed by atoms with E-state index >= 15 is 0 Å². The van der Waals surface area contributed by atoms with E-state index in [-0.39, 0.29) is 18.0 Å². The van der Waals surface area contributed by atoms with E-state index in [0.29, 0.717) is 6.54 Å². The van der Waals surface area contributed by atoms with Crippen molar-refractivity contribution in [3.63, 3.8) is 0 Å². The Balaban J connectivity index is 1.39. The van der Waals surface area contributed by atoms with Gasteiger partial charge in [0, 0.05) is 29.4 Å². The largest absolute Gasteiger partial charge is 0.497 e. The molecule has 8 heteroatoms. The number of thiazole rings is 1. The number of benzene rings is 3. The minimum absolute atomic E-state index is 0.245. The summed E-state index contributed by atoms with van der Waals surface area (Å²) >= 11 is 1.59. The molecule has 0 bridgehead atoms. The van der Waals surface area contributed by atoms with Gasteiger partial charge in [-0.1, -0.05) is 48.5 Å². The lowest BCUT2D eigenvalue weighted by Crippen LogP contribution is -2.31. The Morgan fingerprint density at radius 1 is 0.865 bits per heavy atom. The first-order valence-electron chi connectivity index (χ1n) is 11.8. The molecule has 0 unspecified atom stereocenters. The molecule has 0 aliphatic carbocycles. The Labute approximate surface area is 221 Å². The lowest BCUT2D eigenvalue weighted by atomic mass is 10.2. The maximum absolute atomic E-state index is 13.6. The molecule has 0 aliphatic heterocycles. The zero-order valence-electron chi connectivity index (χ0n) is 20.4. The van der Waals surface area contributed by atoms with Crippen LogP contribution in [-0.2, 0) is 29.7 Å². The summed E-state index contributed by atoms with van der Waals surface area (Å²) < 4.78 is 36.1. The fourth-order valence-corrected chi connectivity index (χ4v) is 6.34. The van der Waals surface area contributed by atoms with E-state index < -0.39 is 10.0 Å². The molecule has 3 aromatic carbocycles. The lowest BCUT2D eigenvalue weighted by Gasteiger charge is -2.23. The predicted molar refractivity (Wildman–Crippen MR) is 147 cm³/mol. The van der Waals surface area contributed by atoms with Crippen LogP contribution in [0.15, 0.2) is 114 Å². The van der Waals surface area contributed by atoms with E-state index in [1.165, 1.54) is 4.31 Å². The molecule has 0 spiro atoms. The topological polar surface area (TPSA) is 64.4 Å². The molecule has 188 valence electrons. The SMILES string of the molecule is COc1ccc(-c2nc(Cn3cccc3CN(Cc3ccccc3)S(=O)(=O)c3ccccc3)cs2)cc1. The van der Waals surface area contributed by atoms with Crippen molar-refractivity contribution in [2.75, 3.05) is 7.11 Å².